The third kappa shape index (κ3) is 5.93. The van der Waals surface area contributed by atoms with E-state index in [9.17, 15) is 4.79 Å². The van der Waals surface area contributed by atoms with Crippen LogP contribution in [0.3, 0.4) is 0 Å². The molecule has 0 aliphatic carbocycles. The Labute approximate surface area is 172 Å². The summed E-state index contributed by atoms with van der Waals surface area (Å²) in [5.41, 5.74) is 1.06. The molecule has 0 bridgehead atoms. The molecule has 7 nitrogen and oxygen atoms in total. The minimum atomic E-state index is 0. The standard InChI is InChI=1S/C18H28N4O3.HI/c1-5-17(23)22-9-8-14(12-22)21-18(19-2)20-11-13-6-7-15(24-3)16(10-13)25-4;/h6-7,10,14H,5,8-9,11-12H2,1-4H3,(H2,19,20,21);1H. The van der Waals surface area contributed by atoms with Crippen LogP contribution in [0, 0.1) is 0 Å². The minimum absolute atomic E-state index is 0. The first kappa shape index (κ1) is 22.3. The van der Waals surface area contributed by atoms with Crippen LogP contribution in [0.2, 0.25) is 0 Å². The summed E-state index contributed by atoms with van der Waals surface area (Å²) in [6, 6.07) is 6.04. The van der Waals surface area contributed by atoms with Crippen molar-refractivity contribution >= 4 is 35.8 Å². The van der Waals surface area contributed by atoms with Crippen LogP contribution in [0.15, 0.2) is 23.2 Å². The van der Waals surface area contributed by atoms with E-state index in [0.717, 1.165) is 31.0 Å². The van der Waals surface area contributed by atoms with Gasteiger partial charge in [-0.25, -0.2) is 0 Å². The molecule has 26 heavy (non-hydrogen) atoms. The SMILES string of the molecule is CCC(=O)N1CCC(NC(=NC)NCc2ccc(OC)c(OC)c2)C1.I. The summed E-state index contributed by atoms with van der Waals surface area (Å²) in [7, 11) is 4.99. The number of guanidine groups is 1. The molecule has 1 aliphatic heterocycles. The number of aliphatic imine (C=N–C) groups is 1. The number of carbonyl (C=O) groups excluding carboxylic acids is 1. The number of nitrogens with one attached hydrogen (secondary N) is 2. The third-order valence-corrected chi connectivity index (χ3v) is 4.32. The lowest BCUT2D eigenvalue weighted by molar-refractivity contribution is -0.129. The Bertz CT molecular complexity index is 624. The first-order valence-corrected chi connectivity index (χ1v) is 8.57. The number of hydrogen-bond acceptors (Lipinski definition) is 4. The highest BCUT2D eigenvalue weighted by Gasteiger charge is 2.25. The molecule has 1 atom stereocenters. The van der Waals surface area contributed by atoms with Gasteiger partial charge in [0.25, 0.3) is 0 Å². The summed E-state index contributed by atoms with van der Waals surface area (Å²) < 4.78 is 10.6. The van der Waals surface area contributed by atoms with Gasteiger partial charge in [0.05, 0.1) is 14.2 Å². The Balaban J connectivity index is 0.00000338. The van der Waals surface area contributed by atoms with Crippen LogP contribution in [-0.2, 0) is 11.3 Å². The van der Waals surface area contributed by atoms with Gasteiger partial charge >= 0.3 is 0 Å². The Morgan fingerprint density at radius 3 is 2.65 bits per heavy atom. The van der Waals surface area contributed by atoms with Crippen molar-refractivity contribution in [3.8, 4) is 11.5 Å². The lowest BCUT2D eigenvalue weighted by atomic mass is 10.2. The number of rotatable bonds is 6. The van der Waals surface area contributed by atoms with Crippen molar-refractivity contribution in [2.45, 2.75) is 32.4 Å². The predicted octanol–water partition coefficient (Wildman–Crippen LogP) is 2.00. The molecule has 8 heteroatoms. The molecule has 1 amide bonds. The summed E-state index contributed by atoms with van der Waals surface area (Å²) in [6.07, 6.45) is 1.49. The number of likely N-dealkylation sites (tertiary alicyclic amines) is 1. The van der Waals surface area contributed by atoms with E-state index in [4.69, 9.17) is 9.47 Å². The maximum Gasteiger partial charge on any atom is 0.222 e. The lowest BCUT2D eigenvalue weighted by Gasteiger charge is -2.19. The Morgan fingerprint density at radius 2 is 2.04 bits per heavy atom. The summed E-state index contributed by atoms with van der Waals surface area (Å²) >= 11 is 0. The van der Waals surface area contributed by atoms with Crippen LogP contribution in [0.4, 0.5) is 0 Å². The van der Waals surface area contributed by atoms with Crippen molar-refractivity contribution < 1.29 is 14.3 Å². The quantitative estimate of drug-likeness (QED) is 0.373. The number of carbonyl (C=O) groups is 1. The molecule has 1 aromatic carbocycles. The summed E-state index contributed by atoms with van der Waals surface area (Å²) in [5.74, 6) is 2.35. The van der Waals surface area contributed by atoms with Gasteiger partial charge in [0.15, 0.2) is 17.5 Å². The molecule has 146 valence electrons. The second-order valence-electron chi connectivity index (χ2n) is 5.94. The van der Waals surface area contributed by atoms with Gasteiger partial charge in [-0.15, -0.1) is 24.0 Å². The van der Waals surface area contributed by atoms with Crippen LogP contribution in [-0.4, -0.2) is 57.2 Å². The average Bonchev–Trinajstić information content (AvgIpc) is 3.12. The van der Waals surface area contributed by atoms with E-state index >= 15 is 0 Å². The van der Waals surface area contributed by atoms with Crippen molar-refractivity contribution in [1.82, 2.24) is 15.5 Å². The average molecular weight is 476 g/mol. The van der Waals surface area contributed by atoms with Crippen LogP contribution < -0.4 is 20.1 Å². The van der Waals surface area contributed by atoms with Crippen LogP contribution in [0.5, 0.6) is 11.5 Å². The highest BCUT2D eigenvalue weighted by atomic mass is 127. The summed E-state index contributed by atoms with van der Waals surface area (Å²) in [6.45, 7) is 4.04. The number of ether oxygens (including phenoxy) is 2. The first-order chi connectivity index (χ1) is 12.1. The van der Waals surface area contributed by atoms with Crippen molar-refractivity contribution in [2.24, 2.45) is 4.99 Å². The van der Waals surface area contributed by atoms with Gasteiger partial charge in [-0.2, -0.15) is 0 Å². The van der Waals surface area contributed by atoms with Gasteiger partial charge in [0.2, 0.25) is 5.91 Å². The molecule has 1 heterocycles. The molecule has 1 unspecified atom stereocenters. The number of amides is 1. The highest BCUT2D eigenvalue weighted by molar-refractivity contribution is 14.0. The largest absolute Gasteiger partial charge is 0.493 e. The summed E-state index contributed by atoms with van der Waals surface area (Å²) in [5, 5.41) is 6.68. The Kier molecular flexibility index (Phi) is 9.53. The fourth-order valence-corrected chi connectivity index (χ4v) is 2.89. The molecular formula is C18H29IN4O3. The van der Waals surface area contributed by atoms with Crippen molar-refractivity contribution in [3.63, 3.8) is 0 Å². The van der Waals surface area contributed by atoms with Crippen LogP contribution in [0.25, 0.3) is 0 Å². The van der Waals surface area contributed by atoms with Crippen molar-refractivity contribution in [3.05, 3.63) is 23.8 Å². The molecule has 0 aromatic heterocycles. The molecule has 0 spiro atoms. The van der Waals surface area contributed by atoms with E-state index in [1.54, 1.807) is 21.3 Å². The molecule has 1 aromatic rings. The number of nitrogens with zero attached hydrogens (tertiary/aromatic N) is 2. The maximum atomic E-state index is 11.8. The first-order valence-electron chi connectivity index (χ1n) is 8.57. The fraction of sp³-hybridized carbons (Fsp3) is 0.556. The molecule has 1 aliphatic rings. The fourth-order valence-electron chi connectivity index (χ4n) is 2.89. The monoisotopic (exact) mass is 476 g/mol. The molecule has 1 fully saturated rings. The molecule has 2 rings (SSSR count). The second kappa shape index (κ2) is 11.1. The topological polar surface area (TPSA) is 75.2 Å². The van der Waals surface area contributed by atoms with Crippen LogP contribution >= 0.6 is 24.0 Å². The van der Waals surface area contributed by atoms with Gasteiger partial charge in [0, 0.05) is 39.1 Å². The van der Waals surface area contributed by atoms with E-state index in [1.165, 1.54) is 0 Å². The number of hydrogen-bond donors (Lipinski definition) is 2. The predicted molar refractivity (Wildman–Crippen MR) is 114 cm³/mol. The highest BCUT2D eigenvalue weighted by Crippen LogP contribution is 2.27. The van der Waals surface area contributed by atoms with Crippen LogP contribution in [0.1, 0.15) is 25.3 Å². The van der Waals surface area contributed by atoms with E-state index in [1.807, 2.05) is 30.0 Å². The zero-order valence-corrected chi connectivity index (χ0v) is 18.2. The normalized spacial score (nSPS) is 16.7. The van der Waals surface area contributed by atoms with Gasteiger partial charge in [0.1, 0.15) is 0 Å². The zero-order valence-electron chi connectivity index (χ0n) is 15.9. The summed E-state index contributed by atoms with van der Waals surface area (Å²) in [4.78, 5) is 17.9. The van der Waals surface area contributed by atoms with Crippen molar-refractivity contribution in [1.29, 1.82) is 0 Å². The number of benzene rings is 1. The maximum absolute atomic E-state index is 11.8. The molecule has 2 N–H and O–H groups in total. The molecule has 0 radical (unpaired) electrons. The number of halogens is 1. The van der Waals surface area contributed by atoms with E-state index in [0.29, 0.717) is 24.5 Å². The second-order valence-corrected chi connectivity index (χ2v) is 5.94. The molecule has 1 saturated heterocycles. The smallest absolute Gasteiger partial charge is 0.222 e. The van der Waals surface area contributed by atoms with E-state index in [2.05, 4.69) is 15.6 Å². The van der Waals surface area contributed by atoms with E-state index < -0.39 is 0 Å². The van der Waals surface area contributed by atoms with Crippen molar-refractivity contribution in [2.75, 3.05) is 34.4 Å². The zero-order chi connectivity index (χ0) is 18.2. The number of methoxy groups -OCH3 is 2. The van der Waals surface area contributed by atoms with Gasteiger partial charge in [-0.1, -0.05) is 13.0 Å². The van der Waals surface area contributed by atoms with Gasteiger partial charge in [-0.05, 0) is 24.1 Å². The lowest BCUT2D eigenvalue weighted by Crippen LogP contribution is -2.44. The molecule has 0 saturated carbocycles. The molecular weight excluding hydrogens is 447 g/mol. The Hall–Kier alpha value is -1.71. The van der Waals surface area contributed by atoms with Gasteiger partial charge in [-0.3, -0.25) is 9.79 Å². The van der Waals surface area contributed by atoms with Gasteiger partial charge < -0.3 is 25.0 Å². The Morgan fingerprint density at radius 1 is 1.31 bits per heavy atom. The van der Waals surface area contributed by atoms with E-state index in [-0.39, 0.29) is 35.9 Å². The minimum Gasteiger partial charge on any atom is -0.493 e. The third-order valence-electron chi connectivity index (χ3n) is 4.32.